The molecule has 1 aliphatic carbocycles. The van der Waals surface area contributed by atoms with E-state index in [1.807, 2.05) is 0 Å². The van der Waals surface area contributed by atoms with E-state index in [0.717, 1.165) is 17.1 Å². The van der Waals surface area contributed by atoms with Crippen molar-refractivity contribution in [2.75, 3.05) is 4.90 Å². The lowest BCUT2D eigenvalue weighted by Crippen LogP contribution is -2.28. The Kier molecular flexibility index (Phi) is 5.98. The first-order valence-electron chi connectivity index (χ1n) is 18.7. The molecule has 0 saturated carbocycles. The average Bonchev–Trinajstić information content (AvgIpc) is 3.95. The van der Waals surface area contributed by atoms with Gasteiger partial charge in [0.05, 0.1) is 33.2 Å². The number of rotatable bonds is 5. The molecule has 3 aromatic heterocycles. The standard InChI is InChI=1S/C51H33N3/c1-4-17-34(18-5-1)51(35-19-6-2-7-20-35)41-25-12-10-23-38(41)49-42(51)26-16-30-47(49)52(36-21-8-3-9-22-36)37-31-32-44-40(33-37)48-39-24-11-13-27-43(39)53-45-28-14-15-29-46(45)54(44)50(48)53/h1-33H. The predicted molar refractivity (Wildman–Crippen MR) is 224 cm³/mol. The van der Waals surface area contributed by atoms with E-state index in [2.05, 4.69) is 214 Å². The van der Waals surface area contributed by atoms with Crippen LogP contribution in [0.5, 0.6) is 0 Å². The summed E-state index contributed by atoms with van der Waals surface area (Å²) in [6, 6.07) is 73.6. The van der Waals surface area contributed by atoms with Gasteiger partial charge in [0.1, 0.15) is 5.65 Å². The van der Waals surface area contributed by atoms with E-state index in [1.165, 1.54) is 77.3 Å². The van der Waals surface area contributed by atoms with Crippen molar-refractivity contribution in [3.63, 3.8) is 0 Å². The molecule has 54 heavy (non-hydrogen) atoms. The monoisotopic (exact) mass is 687 g/mol. The van der Waals surface area contributed by atoms with Crippen LogP contribution < -0.4 is 4.90 Å². The van der Waals surface area contributed by atoms with E-state index < -0.39 is 5.41 Å². The zero-order chi connectivity index (χ0) is 35.4. The molecule has 3 nitrogen and oxygen atoms in total. The number of anilines is 3. The molecule has 0 amide bonds. The quantitative estimate of drug-likeness (QED) is 0.175. The topological polar surface area (TPSA) is 12.1 Å². The number of benzene rings is 8. The summed E-state index contributed by atoms with van der Waals surface area (Å²) in [4.78, 5) is 2.48. The highest BCUT2D eigenvalue weighted by Crippen LogP contribution is 2.59. The SMILES string of the molecule is c1ccc(N(c2ccc3c(c2)c2c4ccccc4n4c5ccccc5n3c24)c2cccc3c2-c2ccccc2C3(c2ccccc2)c2ccccc2)cc1. The summed E-state index contributed by atoms with van der Waals surface area (Å²) in [5, 5.41) is 3.82. The maximum atomic E-state index is 2.48. The fraction of sp³-hybridized carbons (Fsp3) is 0.0196. The van der Waals surface area contributed by atoms with E-state index in [4.69, 9.17) is 0 Å². The van der Waals surface area contributed by atoms with Gasteiger partial charge in [0.2, 0.25) is 0 Å². The van der Waals surface area contributed by atoms with Crippen molar-refractivity contribution in [3.8, 4) is 11.1 Å². The Morgan fingerprint density at radius 2 is 0.944 bits per heavy atom. The molecular formula is C51H33N3. The minimum atomic E-state index is -0.480. The fourth-order valence-electron chi connectivity index (χ4n) is 9.87. The third-order valence-electron chi connectivity index (χ3n) is 11.9. The first kappa shape index (κ1) is 29.5. The summed E-state index contributed by atoms with van der Waals surface area (Å²) in [6.07, 6.45) is 0. The van der Waals surface area contributed by atoms with Crippen molar-refractivity contribution in [3.05, 3.63) is 222 Å². The van der Waals surface area contributed by atoms with Crippen LogP contribution in [0, 0.1) is 0 Å². The van der Waals surface area contributed by atoms with Crippen molar-refractivity contribution in [1.82, 2.24) is 8.80 Å². The lowest BCUT2D eigenvalue weighted by Gasteiger charge is -2.34. The van der Waals surface area contributed by atoms with E-state index in [1.54, 1.807) is 0 Å². The van der Waals surface area contributed by atoms with Gasteiger partial charge in [-0.1, -0.05) is 146 Å². The van der Waals surface area contributed by atoms with Crippen LogP contribution in [0.3, 0.4) is 0 Å². The van der Waals surface area contributed by atoms with Crippen LogP contribution in [0.4, 0.5) is 17.1 Å². The van der Waals surface area contributed by atoms with Gasteiger partial charge in [0.25, 0.3) is 0 Å². The first-order valence-corrected chi connectivity index (χ1v) is 18.7. The second-order valence-electron chi connectivity index (χ2n) is 14.5. The zero-order valence-corrected chi connectivity index (χ0v) is 29.4. The molecule has 252 valence electrons. The third kappa shape index (κ3) is 3.70. The second kappa shape index (κ2) is 11.0. The highest BCUT2D eigenvalue weighted by molar-refractivity contribution is 6.24. The molecule has 0 bridgehead atoms. The highest BCUT2D eigenvalue weighted by Gasteiger charge is 2.47. The van der Waals surface area contributed by atoms with Gasteiger partial charge in [-0.05, 0) is 82.4 Å². The Morgan fingerprint density at radius 1 is 0.389 bits per heavy atom. The molecule has 0 radical (unpaired) electrons. The van der Waals surface area contributed by atoms with Crippen LogP contribution in [0.15, 0.2) is 200 Å². The molecule has 0 spiro atoms. The minimum absolute atomic E-state index is 0.480. The summed E-state index contributed by atoms with van der Waals surface area (Å²) in [5.41, 5.74) is 16.7. The highest BCUT2D eigenvalue weighted by atomic mass is 15.1. The Hall–Kier alpha value is -7.10. The summed E-state index contributed by atoms with van der Waals surface area (Å²) in [6.45, 7) is 0. The largest absolute Gasteiger partial charge is 0.310 e. The number of para-hydroxylation sites is 4. The fourth-order valence-corrected chi connectivity index (χ4v) is 9.87. The Labute approximate surface area is 312 Å². The van der Waals surface area contributed by atoms with E-state index in [0.29, 0.717) is 0 Å². The third-order valence-corrected chi connectivity index (χ3v) is 11.9. The lowest BCUT2D eigenvalue weighted by atomic mass is 9.68. The maximum absolute atomic E-state index is 2.48. The summed E-state index contributed by atoms with van der Waals surface area (Å²) >= 11 is 0. The molecule has 0 N–H and O–H groups in total. The summed E-state index contributed by atoms with van der Waals surface area (Å²) < 4.78 is 4.91. The second-order valence-corrected chi connectivity index (χ2v) is 14.5. The van der Waals surface area contributed by atoms with E-state index in [-0.39, 0.29) is 0 Å². The average molecular weight is 688 g/mol. The van der Waals surface area contributed by atoms with Crippen LogP contribution in [0.25, 0.3) is 55.0 Å². The van der Waals surface area contributed by atoms with Crippen molar-refractivity contribution < 1.29 is 0 Å². The van der Waals surface area contributed by atoms with Gasteiger partial charge in [-0.3, -0.25) is 8.80 Å². The van der Waals surface area contributed by atoms with Gasteiger partial charge in [-0.2, -0.15) is 0 Å². The minimum Gasteiger partial charge on any atom is -0.310 e. The molecule has 0 unspecified atom stereocenters. The molecular weight excluding hydrogens is 655 g/mol. The molecule has 3 heterocycles. The molecule has 0 fully saturated rings. The molecule has 0 saturated heterocycles. The molecule has 0 aliphatic heterocycles. The smallest absolute Gasteiger partial charge is 0.131 e. The number of hydrogen-bond donors (Lipinski definition) is 0. The van der Waals surface area contributed by atoms with Gasteiger partial charge >= 0.3 is 0 Å². The van der Waals surface area contributed by atoms with Gasteiger partial charge < -0.3 is 4.90 Å². The lowest BCUT2D eigenvalue weighted by molar-refractivity contribution is 0.768. The molecule has 0 atom stereocenters. The Balaban J connectivity index is 1.18. The van der Waals surface area contributed by atoms with Crippen LogP contribution >= 0.6 is 0 Å². The van der Waals surface area contributed by atoms with Crippen molar-refractivity contribution in [2.45, 2.75) is 5.41 Å². The summed E-state index contributed by atoms with van der Waals surface area (Å²) in [7, 11) is 0. The normalized spacial score (nSPS) is 13.3. The van der Waals surface area contributed by atoms with Gasteiger partial charge in [0, 0.05) is 33.1 Å². The molecule has 3 heteroatoms. The summed E-state index contributed by atoms with van der Waals surface area (Å²) in [5.74, 6) is 0. The number of imidazole rings is 1. The van der Waals surface area contributed by atoms with Crippen molar-refractivity contribution in [2.24, 2.45) is 0 Å². The molecule has 11 aromatic rings. The molecule has 8 aromatic carbocycles. The van der Waals surface area contributed by atoms with Gasteiger partial charge in [-0.25, -0.2) is 0 Å². The number of fused-ring (bicyclic) bond motifs is 12. The Bertz CT molecular complexity index is 3160. The van der Waals surface area contributed by atoms with Gasteiger partial charge in [-0.15, -0.1) is 0 Å². The first-order chi connectivity index (χ1) is 26.8. The van der Waals surface area contributed by atoms with Gasteiger partial charge in [0.15, 0.2) is 0 Å². The van der Waals surface area contributed by atoms with Crippen LogP contribution in [-0.4, -0.2) is 8.80 Å². The van der Waals surface area contributed by atoms with Crippen LogP contribution in [0.1, 0.15) is 22.3 Å². The van der Waals surface area contributed by atoms with Crippen molar-refractivity contribution >= 4 is 60.9 Å². The number of nitrogens with zero attached hydrogens (tertiary/aromatic N) is 3. The zero-order valence-electron chi connectivity index (χ0n) is 29.4. The number of aromatic nitrogens is 2. The van der Waals surface area contributed by atoms with Crippen LogP contribution in [-0.2, 0) is 5.41 Å². The van der Waals surface area contributed by atoms with E-state index >= 15 is 0 Å². The predicted octanol–water partition coefficient (Wildman–Crippen LogP) is 12.9. The maximum Gasteiger partial charge on any atom is 0.131 e. The van der Waals surface area contributed by atoms with Crippen LogP contribution in [0.2, 0.25) is 0 Å². The van der Waals surface area contributed by atoms with Crippen molar-refractivity contribution in [1.29, 1.82) is 0 Å². The molecule has 1 aliphatic rings. The number of hydrogen-bond acceptors (Lipinski definition) is 1. The van der Waals surface area contributed by atoms with E-state index in [9.17, 15) is 0 Å². The molecule has 12 rings (SSSR count). The Morgan fingerprint density at radius 3 is 1.65 bits per heavy atom.